The molecule has 90 valence electrons. The number of benzene rings is 1. The highest BCUT2D eigenvalue weighted by molar-refractivity contribution is 5.66. The van der Waals surface area contributed by atoms with E-state index in [-0.39, 0.29) is 0 Å². The lowest BCUT2D eigenvalue weighted by atomic mass is 9.88. The summed E-state index contributed by atoms with van der Waals surface area (Å²) in [4.78, 5) is 10.8. The Morgan fingerprint density at radius 1 is 1.41 bits per heavy atom. The molecule has 2 rings (SSSR count). The molecule has 0 spiro atoms. The fraction of sp³-hybridized carbons (Fsp3) is 0.308. The van der Waals surface area contributed by atoms with Crippen LogP contribution in [0.2, 0.25) is 0 Å². The second-order valence-corrected chi connectivity index (χ2v) is 4.29. The first-order chi connectivity index (χ1) is 8.12. The fourth-order valence-electron chi connectivity index (χ4n) is 2.21. The van der Waals surface area contributed by atoms with Crippen molar-refractivity contribution in [2.45, 2.75) is 24.5 Å². The molecule has 2 unspecified atom stereocenters. The van der Waals surface area contributed by atoms with Crippen LogP contribution in [0.25, 0.3) is 0 Å². The van der Waals surface area contributed by atoms with E-state index in [1.807, 2.05) is 36.4 Å². The summed E-state index contributed by atoms with van der Waals surface area (Å²) in [6.45, 7) is 0. The number of aliphatic hydroxyl groups is 1. The zero-order valence-electron chi connectivity index (χ0n) is 9.34. The van der Waals surface area contributed by atoms with E-state index in [0.717, 1.165) is 5.56 Å². The largest absolute Gasteiger partial charge is 0.465 e. The van der Waals surface area contributed by atoms with E-state index in [4.69, 9.17) is 5.11 Å². The van der Waals surface area contributed by atoms with Crippen LogP contribution in [0.4, 0.5) is 4.79 Å². The predicted octanol–water partition coefficient (Wildman–Crippen LogP) is 1.56. The van der Waals surface area contributed by atoms with Crippen LogP contribution in [-0.2, 0) is 6.42 Å². The SMILES string of the molecule is O=C(O)NC1(Cc2ccccc2)C=CCC1O. The van der Waals surface area contributed by atoms with Gasteiger partial charge in [0.2, 0.25) is 0 Å². The maximum atomic E-state index is 10.8. The fourth-order valence-corrected chi connectivity index (χ4v) is 2.21. The van der Waals surface area contributed by atoms with Crippen LogP contribution in [0.3, 0.4) is 0 Å². The molecule has 17 heavy (non-hydrogen) atoms. The van der Waals surface area contributed by atoms with Gasteiger partial charge in [0.15, 0.2) is 0 Å². The van der Waals surface area contributed by atoms with Gasteiger partial charge >= 0.3 is 6.09 Å². The molecule has 3 N–H and O–H groups in total. The number of hydrogen-bond donors (Lipinski definition) is 3. The molecule has 1 aromatic rings. The van der Waals surface area contributed by atoms with Crippen molar-refractivity contribution in [1.29, 1.82) is 0 Å². The average molecular weight is 233 g/mol. The van der Waals surface area contributed by atoms with Crippen LogP contribution >= 0.6 is 0 Å². The van der Waals surface area contributed by atoms with Gasteiger partial charge in [-0.2, -0.15) is 0 Å². The maximum absolute atomic E-state index is 10.8. The van der Waals surface area contributed by atoms with E-state index in [0.29, 0.717) is 12.8 Å². The molecule has 0 aliphatic heterocycles. The zero-order valence-corrected chi connectivity index (χ0v) is 9.34. The van der Waals surface area contributed by atoms with Crippen molar-refractivity contribution in [2.75, 3.05) is 0 Å². The van der Waals surface area contributed by atoms with Crippen LogP contribution in [0.5, 0.6) is 0 Å². The third-order valence-electron chi connectivity index (χ3n) is 3.05. The molecule has 2 atom stereocenters. The Balaban J connectivity index is 2.23. The van der Waals surface area contributed by atoms with E-state index >= 15 is 0 Å². The third kappa shape index (κ3) is 2.47. The number of carbonyl (C=O) groups is 1. The Labute approximate surface area is 99.6 Å². The molecule has 0 bridgehead atoms. The van der Waals surface area contributed by atoms with Gasteiger partial charge in [-0.15, -0.1) is 0 Å². The number of hydrogen-bond acceptors (Lipinski definition) is 2. The summed E-state index contributed by atoms with van der Waals surface area (Å²) in [5.74, 6) is 0. The highest BCUT2D eigenvalue weighted by Crippen LogP contribution is 2.27. The Kier molecular flexibility index (Phi) is 3.15. The zero-order chi connectivity index (χ0) is 12.3. The van der Waals surface area contributed by atoms with Crippen molar-refractivity contribution < 1.29 is 15.0 Å². The highest BCUT2D eigenvalue weighted by atomic mass is 16.4. The number of aliphatic hydroxyl groups excluding tert-OH is 1. The van der Waals surface area contributed by atoms with Gasteiger partial charge in [-0.1, -0.05) is 42.5 Å². The van der Waals surface area contributed by atoms with Crippen LogP contribution in [0.15, 0.2) is 42.5 Å². The van der Waals surface area contributed by atoms with Crippen molar-refractivity contribution in [2.24, 2.45) is 0 Å². The third-order valence-corrected chi connectivity index (χ3v) is 3.05. The molecule has 4 heteroatoms. The minimum Gasteiger partial charge on any atom is -0.465 e. The molecule has 0 aromatic heterocycles. The van der Waals surface area contributed by atoms with E-state index in [1.165, 1.54) is 0 Å². The Bertz CT molecular complexity index is 430. The highest BCUT2D eigenvalue weighted by Gasteiger charge is 2.39. The monoisotopic (exact) mass is 233 g/mol. The summed E-state index contributed by atoms with van der Waals surface area (Å²) < 4.78 is 0. The lowest BCUT2D eigenvalue weighted by Crippen LogP contribution is -2.54. The molecule has 0 fully saturated rings. The minimum absolute atomic E-state index is 0.456. The molecular formula is C13H15NO3. The van der Waals surface area contributed by atoms with Crippen LogP contribution in [-0.4, -0.2) is 27.9 Å². The standard InChI is InChI=1S/C13H15NO3/c15-11-7-4-8-13(11,14-12(16)17)9-10-5-2-1-3-6-10/h1-6,8,11,14-15H,7,9H2,(H,16,17). The van der Waals surface area contributed by atoms with Gasteiger partial charge in [0.25, 0.3) is 0 Å². The van der Waals surface area contributed by atoms with Crippen molar-refractivity contribution in [3.05, 3.63) is 48.0 Å². The van der Waals surface area contributed by atoms with Crippen LogP contribution in [0, 0.1) is 0 Å². The average Bonchev–Trinajstić information content (AvgIpc) is 2.61. The summed E-state index contributed by atoms with van der Waals surface area (Å²) in [6.07, 6.45) is 2.66. The normalized spacial score (nSPS) is 27.0. The van der Waals surface area contributed by atoms with Gasteiger partial charge < -0.3 is 15.5 Å². The molecule has 0 saturated carbocycles. The summed E-state index contributed by atoms with van der Waals surface area (Å²) in [6, 6.07) is 9.54. The molecule has 1 aliphatic carbocycles. The Morgan fingerprint density at radius 2 is 2.12 bits per heavy atom. The summed E-state index contributed by atoms with van der Waals surface area (Å²) in [5, 5.41) is 21.3. The molecule has 1 amide bonds. The molecule has 1 aromatic carbocycles. The van der Waals surface area contributed by atoms with Crippen molar-refractivity contribution in [3.8, 4) is 0 Å². The van der Waals surface area contributed by atoms with Gasteiger partial charge in [-0.25, -0.2) is 4.79 Å². The first-order valence-corrected chi connectivity index (χ1v) is 5.53. The first kappa shape index (κ1) is 11.7. The van der Waals surface area contributed by atoms with Crippen LogP contribution < -0.4 is 5.32 Å². The van der Waals surface area contributed by atoms with E-state index in [1.54, 1.807) is 6.08 Å². The number of rotatable bonds is 3. The van der Waals surface area contributed by atoms with Crippen LogP contribution in [0.1, 0.15) is 12.0 Å². The lowest BCUT2D eigenvalue weighted by molar-refractivity contribution is 0.0953. The van der Waals surface area contributed by atoms with Crippen molar-refractivity contribution in [1.82, 2.24) is 5.32 Å². The number of nitrogens with one attached hydrogen (secondary N) is 1. The van der Waals surface area contributed by atoms with E-state index in [9.17, 15) is 9.90 Å². The summed E-state index contributed by atoms with van der Waals surface area (Å²) in [5.41, 5.74) is 0.0968. The molecule has 4 nitrogen and oxygen atoms in total. The number of amides is 1. The second-order valence-electron chi connectivity index (χ2n) is 4.29. The smallest absolute Gasteiger partial charge is 0.405 e. The van der Waals surface area contributed by atoms with Crippen molar-refractivity contribution in [3.63, 3.8) is 0 Å². The van der Waals surface area contributed by atoms with Gasteiger partial charge in [-0.05, 0) is 12.0 Å². The quantitative estimate of drug-likeness (QED) is 0.694. The lowest BCUT2D eigenvalue weighted by Gasteiger charge is -2.31. The van der Waals surface area contributed by atoms with Gasteiger partial charge in [0, 0.05) is 6.42 Å². The van der Waals surface area contributed by atoms with Gasteiger partial charge in [-0.3, -0.25) is 0 Å². The topological polar surface area (TPSA) is 69.6 Å². The molecule has 0 saturated heterocycles. The minimum atomic E-state index is -1.12. The first-order valence-electron chi connectivity index (χ1n) is 5.53. The maximum Gasteiger partial charge on any atom is 0.405 e. The van der Waals surface area contributed by atoms with Gasteiger partial charge in [0.05, 0.1) is 11.6 Å². The van der Waals surface area contributed by atoms with E-state index < -0.39 is 17.7 Å². The predicted molar refractivity (Wildman–Crippen MR) is 63.8 cm³/mol. The Morgan fingerprint density at radius 3 is 2.65 bits per heavy atom. The van der Waals surface area contributed by atoms with E-state index in [2.05, 4.69) is 5.32 Å². The Hall–Kier alpha value is -1.81. The van der Waals surface area contributed by atoms with Crippen molar-refractivity contribution >= 4 is 6.09 Å². The molecule has 1 aliphatic rings. The summed E-state index contributed by atoms with van der Waals surface area (Å²) >= 11 is 0. The molecular weight excluding hydrogens is 218 g/mol. The summed E-state index contributed by atoms with van der Waals surface area (Å²) in [7, 11) is 0. The number of carboxylic acid groups (broad SMARTS) is 1. The molecule has 0 radical (unpaired) electrons. The second kappa shape index (κ2) is 4.59. The molecule has 0 heterocycles. The van der Waals surface area contributed by atoms with Gasteiger partial charge in [0.1, 0.15) is 0 Å².